The minimum Gasteiger partial charge on any atom is -0.476 e. The first-order valence-electron chi connectivity index (χ1n) is 6.63. The highest BCUT2D eigenvalue weighted by Gasteiger charge is 2.07. The summed E-state index contributed by atoms with van der Waals surface area (Å²) < 4.78 is 11.7. The van der Waals surface area contributed by atoms with E-state index in [0.29, 0.717) is 23.0 Å². The molecule has 0 aliphatic carbocycles. The summed E-state index contributed by atoms with van der Waals surface area (Å²) in [7, 11) is 0.831. The Labute approximate surface area is 124 Å². The molecule has 0 saturated heterocycles. The standard InChI is InChI=1S/C16H20O2P2/c1-12-8-4-6-10-15(12)17-19-14(3)20-18-16-11-7-5-9-13(16)2/h4-11,14,19-20H,1-3H3. The fourth-order valence-corrected chi connectivity index (χ4v) is 3.28. The van der Waals surface area contributed by atoms with E-state index < -0.39 is 0 Å². The van der Waals surface area contributed by atoms with Crippen LogP contribution in [0, 0.1) is 13.8 Å². The van der Waals surface area contributed by atoms with Gasteiger partial charge in [0.25, 0.3) is 0 Å². The zero-order valence-electron chi connectivity index (χ0n) is 12.0. The molecule has 2 atom stereocenters. The summed E-state index contributed by atoms with van der Waals surface area (Å²) in [6, 6.07) is 16.2. The Kier molecular flexibility index (Phi) is 5.83. The fraction of sp³-hybridized carbons (Fsp3) is 0.250. The van der Waals surface area contributed by atoms with Crippen molar-refractivity contribution in [3.8, 4) is 11.5 Å². The second kappa shape index (κ2) is 7.62. The fourth-order valence-electron chi connectivity index (χ4n) is 1.67. The van der Waals surface area contributed by atoms with Gasteiger partial charge < -0.3 is 9.05 Å². The van der Waals surface area contributed by atoms with Crippen molar-refractivity contribution >= 4 is 17.6 Å². The van der Waals surface area contributed by atoms with E-state index in [2.05, 4.69) is 32.9 Å². The lowest BCUT2D eigenvalue weighted by Gasteiger charge is -2.15. The predicted octanol–water partition coefficient (Wildman–Crippen LogP) is 5.29. The van der Waals surface area contributed by atoms with E-state index in [1.807, 2.05) is 36.4 Å². The number of hydrogen-bond acceptors (Lipinski definition) is 2. The highest BCUT2D eigenvalue weighted by Crippen LogP contribution is 2.38. The monoisotopic (exact) mass is 306 g/mol. The molecule has 0 aliphatic heterocycles. The minimum absolute atomic E-state index is 0.397. The van der Waals surface area contributed by atoms with Crippen molar-refractivity contribution in [2.45, 2.75) is 26.2 Å². The van der Waals surface area contributed by atoms with Gasteiger partial charge in [0, 0.05) is 0 Å². The van der Waals surface area contributed by atoms with Gasteiger partial charge in [0.2, 0.25) is 0 Å². The third-order valence-corrected chi connectivity index (χ3v) is 4.97. The van der Waals surface area contributed by atoms with E-state index in [4.69, 9.17) is 9.05 Å². The minimum atomic E-state index is 0.397. The molecule has 0 spiro atoms. The molecule has 0 N–H and O–H groups in total. The Balaban J connectivity index is 1.80. The lowest BCUT2D eigenvalue weighted by atomic mass is 10.2. The van der Waals surface area contributed by atoms with Gasteiger partial charge in [-0.15, -0.1) is 0 Å². The molecule has 0 heterocycles. The maximum Gasteiger partial charge on any atom is 0.125 e. The number of rotatable bonds is 6. The van der Waals surface area contributed by atoms with Gasteiger partial charge in [-0.3, -0.25) is 0 Å². The molecule has 2 rings (SSSR count). The third kappa shape index (κ3) is 4.47. The van der Waals surface area contributed by atoms with Gasteiger partial charge in [-0.2, -0.15) is 0 Å². The van der Waals surface area contributed by atoms with Crippen LogP contribution in [-0.2, 0) is 0 Å². The van der Waals surface area contributed by atoms with Crippen molar-refractivity contribution in [1.29, 1.82) is 0 Å². The second-order valence-corrected chi connectivity index (χ2v) is 7.88. The predicted molar refractivity (Wildman–Crippen MR) is 89.7 cm³/mol. The third-order valence-electron chi connectivity index (χ3n) is 2.88. The molecule has 0 aliphatic rings. The van der Waals surface area contributed by atoms with Crippen LogP contribution in [0.5, 0.6) is 11.5 Å². The first-order chi connectivity index (χ1) is 9.66. The van der Waals surface area contributed by atoms with Gasteiger partial charge in [-0.25, -0.2) is 0 Å². The number of benzene rings is 2. The van der Waals surface area contributed by atoms with Crippen LogP contribution in [0.4, 0.5) is 0 Å². The molecule has 0 amide bonds. The van der Waals surface area contributed by atoms with Crippen LogP contribution < -0.4 is 9.05 Å². The molecule has 0 aromatic heterocycles. The van der Waals surface area contributed by atoms with Gasteiger partial charge in [-0.1, -0.05) is 36.4 Å². The molecule has 0 fully saturated rings. The quantitative estimate of drug-likeness (QED) is 0.675. The molecular formula is C16H20O2P2. The Morgan fingerprint density at radius 3 is 1.55 bits per heavy atom. The number of hydrogen-bond donors (Lipinski definition) is 0. The van der Waals surface area contributed by atoms with E-state index in [1.165, 1.54) is 11.1 Å². The van der Waals surface area contributed by atoms with Crippen LogP contribution >= 0.6 is 17.6 Å². The maximum atomic E-state index is 5.87. The van der Waals surface area contributed by atoms with Gasteiger partial charge in [0.15, 0.2) is 0 Å². The van der Waals surface area contributed by atoms with Crippen molar-refractivity contribution in [1.82, 2.24) is 0 Å². The van der Waals surface area contributed by atoms with Crippen LogP contribution in [0.3, 0.4) is 0 Å². The highest BCUT2D eigenvalue weighted by molar-refractivity contribution is 7.52. The number of para-hydroxylation sites is 2. The van der Waals surface area contributed by atoms with Gasteiger partial charge in [0.1, 0.15) is 11.5 Å². The summed E-state index contributed by atoms with van der Waals surface area (Å²) in [6.45, 7) is 6.29. The van der Waals surface area contributed by atoms with Crippen LogP contribution in [-0.4, -0.2) is 5.40 Å². The smallest absolute Gasteiger partial charge is 0.125 e. The average molecular weight is 306 g/mol. The molecule has 0 bridgehead atoms. The van der Waals surface area contributed by atoms with Crippen molar-refractivity contribution in [2.24, 2.45) is 0 Å². The molecule has 2 aromatic carbocycles. The summed E-state index contributed by atoms with van der Waals surface area (Å²) in [5, 5.41) is 0.397. The Morgan fingerprint density at radius 1 is 0.750 bits per heavy atom. The van der Waals surface area contributed by atoms with E-state index in [1.54, 1.807) is 0 Å². The molecule has 2 unspecified atom stereocenters. The lowest BCUT2D eigenvalue weighted by Crippen LogP contribution is -1.93. The van der Waals surface area contributed by atoms with Gasteiger partial charge in [-0.05, 0) is 44.0 Å². The summed E-state index contributed by atoms with van der Waals surface area (Å²) in [4.78, 5) is 0. The molecule has 106 valence electrons. The van der Waals surface area contributed by atoms with Crippen molar-refractivity contribution in [3.05, 3.63) is 59.7 Å². The van der Waals surface area contributed by atoms with E-state index >= 15 is 0 Å². The Hall–Kier alpha value is -1.10. The van der Waals surface area contributed by atoms with Gasteiger partial charge >= 0.3 is 0 Å². The molecular weight excluding hydrogens is 286 g/mol. The highest BCUT2D eigenvalue weighted by atomic mass is 31.1. The van der Waals surface area contributed by atoms with Gasteiger partial charge in [0.05, 0.1) is 23.0 Å². The largest absolute Gasteiger partial charge is 0.476 e. The van der Waals surface area contributed by atoms with Crippen molar-refractivity contribution in [2.75, 3.05) is 0 Å². The zero-order chi connectivity index (χ0) is 14.4. The maximum absolute atomic E-state index is 5.87. The van der Waals surface area contributed by atoms with E-state index in [0.717, 1.165) is 11.5 Å². The van der Waals surface area contributed by atoms with Crippen LogP contribution in [0.1, 0.15) is 18.1 Å². The first kappa shape index (κ1) is 15.3. The van der Waals surface area contributed by atoms with Crippen LogP contribution in [0.2, 0.25) is 0 Å². The molecule has 4 heteroatoms. The Bertz CT molecular complexity index is 508. The normalized spacial score (nSPS) is 13.2. The van der Waals surface area contributed by atoms with E-state index in [-0.39, 0.29) is 0 Å². The average Bonchev–Trinajstić information content (AvgIpc) is 2.45. The Morgan fingerprint density at radius 2 is 1.15 bits per heavy atom. The summed E-state index contributed by atoms with van der Waals surface area (Å²) in [6.07, 6.45) is 0. The summed E-state index contributed by atoms with van der Waals surface area (Å²) >= 11 is 0. The molecule has 20 heavy (non-hydrogen) atoms. The van der Waals surface area contributed by atoms with E-state index in [9.17, 15) is 0 Å². The summed E-state index contributed by atoms with van der Waals surface area (Å²) in [5.74, 6) is 1.94. The first-order valence-corrected chi connectivity index (χ1v) is 8.60. The molecule has 2 aromatic rings. The van der Waals surface area contributed by atoms with Crippen molar-refractivity contribution < 1.29 is 9.05 Å². The molecule has 0 saturated carbocycles. The SMILES string of the molecule is Cc1ccccc1OPC(C)POc1ccccc1C. The zero-order valence-corrected chi connectivity index (χ0v) is 14.0. The second-order valence-electron chi connectivity index (χ2n) is 4.69. The topological polar surface area (TPSA) is 18.5 Å². The van der Waals surface area contributed by atoms with Crippen LogP contribution in [0.25, 0.3) is 0 Å². The number of aryl methyl sites for hydroxylation is 2. The molecule has 0 radical (unpaired) electrons. The van der Waals surface area contributed by atoms with Crippen LogP contribution in [0.15, 0.2) is 48.5 Å². The lowest BCUT2D eigenvalue weighted by molar-refractivity contribution is 0.608. The summed E-state index contributed by atoms with van der Waals surface area (Å²) in [5.41, 5.74) is 2.35. The molecule has 2 nitrogen and oxygen atoms in total. The van der Waals surface area contributed by atoms with Crippen molar-refractivity contribution in [3.63, 3.8) is 0 Å².